The predicted molar refractivity (Wildman–Crippen MR) is 79.3 cm³/mol. The van der Waals surface area contributed by atoms with Crippen LogP contribution in [-0.2, 0) is 23.3 Å². The van der Waals surface area contributed by atoms with E-state index >= 15 is 0 Å². The molecule has 1 aromatic rings. The fourth-order valence-corrected chi connectivity index (χ4v) is 2.95. The van der Waals surface area contributed by atoms with Gasteiger partial charge in [0.2, 0.25) is 0 Å². The van der Waals surface area contributed by atoms with Gasteiger partial charge in [-0.1, -0.05) is 13.0 Å². The highest BCUT2D eigenvalue weighted by Crippen LogP contribution is 2.50. The number of nitrogens with two attached hydrogens (primary N) is 1. The van der Waals surface area contributed by atoms with Crippen molar-refractivity contribution in [3.63, 3.8) is 0 Å². The molecule has 0 radical (unpaired) electrons. The molecule has 160 valence electrons. The number of carbonyl (C=O) groups is 1. The third kappa shape index (κ3) is 5.30. The van der Waals surface area contributed by atoms with E-state index in [-0.39, 0.29) is 12.5 Å². The van der Waals surface area contributed by atoms with Crippen molar-refractivity contribution < 1.29 is 49.4 Å². The normalized spacial score (nSPS) is 15.4. The molecule has 0 aliphatic carbocycles. The number of hydrogen-bond acceptors (Lipinski definition) is 2. The quantitative estimate of drug-likeness (QED) is 0.610. The Kier molecular flexibility index (Phi) is 7.02. The van der Waals surface area contributed by atoms with Gasteiger partial charge in [-0.25, -0.2) is 0 Å². The van der Waals surface area contributed by atoms with Gasteiger partial charge >= 0.3 is 24.5 Å². The van der Waals surface area contributed by atoms with Gasteiger partial charge in [0, 0.05) is 6.54 Å². The molecule has 1 aromatic carbocycles. The molecule has 0 aromatic heterocycles. The average Bonchev–Trinajstić information content (AvgIpc) is 2.51. The number of halogens is 9. The molecule has 28 heavy (non-hydrogen) atoms. The Hall–Kier alpha value is -1.98. The lowest BCUT2D eigenvalue weighted by Gasteiger charge is -2.27. The van der Waals surface area contributed by atoms with Crippen LogP contribution in [0.15, 0.2) is 12.1 Å². The Morgan fingerprint density at radius 3 is 1.79 bits per heavy atom. The van der Waals surface area contributed by atoms with E-state index in [1.165, 1.54) is 6.92 Å². The Morgan fingerprint density at radius 1 is 0.964 bits per heavy atom. The van der Waals surface area contributed by atoms with Gasteiger partial charge in [0.05, 0.1) is 22.6 Å². The Bertz CT molecular complexity index is 708. The third-order valence-corrected chi connectivity index (χ3v) is 4.25. The summed E-state index contributed by atoms with van der Waals surface area (Å²) >= 11 is 0. The summed E-state index contributed by atoms with van der Waals surface area (Å²) in [6.07, 6.45) is -18.2. The molecule has 2 unspecified atom stereocenters. The topological polar surface area (TPSA) is 63.3 Å². The van der Waals surface area contributed by atoms with Gasteiger partial charge in [-0.2, -0.15) is 39.5 Å². The predicted octanol–water partition coefficient (Wildman–Crippen LogP) is 5.29. The highest BCUT2D eigenvalue weighted by molar-refractivity contribution is 5.70. The van der Waals surface area contributed by atoms with E-state index in [4.69, 9.17) is 10.8 Å². The number of alkyl halides is 9. The molecule has 0 saturated heterocycles. The van der Waals surface area contributed by atoms with E-state index in [0.29, 0.717) is 6.07 Å². The molecule has 0 fully saturated rings. The first-order valence-corrected chi connectivity index (χ1v) is 7.86. The van der Waals surface area contributed by atoms with Gasteiger partial charge in [-0.05, 0) is 30.4 Å². The molecule has 3 N–H and O–H groups in total. The zero-order valence-electron chi connectivity index (χ0n) is 14.3. The zero-order valence-corrected chi connectivity index (χ0v) is 14.3. The second-order valence-electron chi connectivity index (χ2n) is 6.06. The van der Waals surface area contributed by atoms with Crippen LogP contribution in [-0.4, -0.2) is 17.6 Å². The van der Waals surface area contributed by atoms with E-state index in [1.54, 1.807) is 0 Å². The first kappa shape index (κ1) is 24.1. The Morgan fingerprint density at radius 2 is 1.46 bits per heavy atom. The molecule has 1 rings (SSSR count). The molecule has 0 spiro atoms. The van der Waals surface area contributed by atoms with Crippen LogP contribution in [0.5, 0.6) is 0 Å². The maximum atomic E-state index is 13.5. The number of aliphatic carboxylic acids is 1. The zero-order chi connectivity index (χ0) is 22.1. The molecule has 0 aliphatic rings. The largest absolute Gasteiger partial charge is 0.481 e. The number of hydrogen-bond donors (Lipinski definition) is 2. The standard InChI is InChI=1S/C16H16F9NO2/c1-2-7(5-8(6-26)13(27)28)9-3-4-10(14(17,18)19)12(16(23,24)25)11(9)15(20,21)22/h3-4,7-8H,2,5-6,26H2,1H3,(H,27,28). The maximum absolute atomic E-state index is 13.5. The first-order valence-electron chi connectivity index (χ1n) is 7.86. The highest BCUT2D eigenvalue weighted by Gasteiger charge is 2.51. The molecule has 0 heterocycles. The minimum Gasteiger partial charge on any atom is -0.481 e. The van der Waals surface area contributed by atoms with E-state index in [9.17, 15) is 44.3 Å². The van der Waals surface area contributed by atoms with Crippen molar-refractivity contribution in [2.75, 3.05) is 6.54 Å². The Balaban J connectivity index is 3.83. The molecule has 0 aliphatic heterocycles. The van der Waals surface area contributed by atoms with Crippen molar-refractivity contribution >= 4 is 5.97 Å². The minimum absolute atomic E-state index is 0.0612. The van der Waals surface area contributed by atoms with E-state index in [0.717, 1.165) is 0 Å². The lowest BCUT2D eigenvalue weighted by atomic mass is 9.81. The van der Waals surface area contributed by atoms with Gasteiger partial charge < -0.3 is 10.8 Å². The van der Waals surface area contributed by atoms with Gasteiger partial charge in [-0.3, -0.25) is 4.79 Å². The van der Waals surface area contributed by atoms with Crippen LogP contribution in [0.3, 0.4) is 0 Å². The molecular weight excluding hydrogens is 409 g/mol. The van der Waals surface area contributed by atoms with Crippen molar-refractivity contribution in [3.05, 3.63) is 34.4 Å². The number of carboxylic acids is 1. The fraction of sp³-hybridized carbons (Fsp3) is 0.562. The van der Waals surface area contributed by atoms with Crippen LogP contribution in [0.25, 0.3) is 0 Å². The van der Waals surface area contributed by atoms with Gasteiger partial charge in [0.15, 0.2) is 0 Å². The second-order valence-corrected chi connectivity index (χ2v) is 6.06. The van der Waals surface area contributed by atoms with E-state index < -0.39 is 71.6 Å². The summed E-state index contributed by atoms with van der Waals surface area (Å²) in [5.74, 6) is -4.25. The third-order valence-electron chi connectivity index (χ3n) is 4.25. The van der Waals surface area contributed by atoms with Crippen molar-refractivity contribution in [2.45, 2.75) is 44.2 Å². The van der Waals surface area contributed by atoms with Crippen LogP contribution >= 0.6 is 0 Å². The monoisotopic (exact) mass is 425 g/mol. The van der Waals surface area contributed by atoms with Crippen molar-refractivity contribution in [3.8, 4) is 0 Å². The molecular formula is C16H16F9NO2. The average molecular weight is 425 g/mol. The van der Waals surface area contributed by atoms with E-state index in [2.05, 4.69) is 0 Å². The lowest BCUT2D eigenvalue weighted by Crippen LogP contribution is -2.28. The summed E-state index contributed by atoms with van der Waals surface area (Å²) in [5, 5.41) is 9.00. The SMILES string of the molecule is CCC(CC(CN)C(=O)O)c1ccc(C(F)(F)F)c(C(F)(F)F)c1C(F)(F)F. The van der Waals surface area contributed by atoms with Crippen LogP contribution < -0.4 is 5.73 Å². The van der Waals surface area contributed by atoms with Crippen LogP contribution in [0.2, 0.25) is 0 Å². The lowest BCUT2D eigenvalue weighted by molar-refractivity contribution is -0.175. The number of carboxylic acid groups (broad SMARTS) is 1. The van der Waals surface area contributed by atoms with Gasteiger partial charge in [-0.15, -0.1) is 0 Å². The Labute approximate surface area is 153 Å². The van der Waals surface area contributed by atoms with Crippen LogP contribution in [0.1, 0.15) is 47.9 Å². The first-order chi connectivity index (χ1) is 12.6. The summed E-state index contributed by atoms with van der Waals surface area (Å²) in [7, 11) is 0. The second kappa shape index (κ2) is 8.18. The maximum Gasteiger partial charge on any atom is 0.417 e. The molecule has 0 bridgehead atoms. The fourth-order valence-electron chi connectivity index (χ4n) is 2.95. The number of benzene rings is 1. The summed E-state index contributed by atoms with van der Waals surface area (Å²) < 4.78 is 119. The van der Waals surface area contributed by atoms with Gasteiger partial charge in [0.25, 0.3) is 0 Å². The van der Waals surface area contributed by atoms with Crippen molar-refractivity contribution in [2.24, 2.45) is 11.7 Å². The van der Waals surface area contributed by atoms with Crippen LogP contribution in [0, 0.1) is 5.92 Å². The summed E-state index contributed by atoms with van der Waals surface area (Å²) in [5.41, 5.74) is -3.56. The molecule has 12 heteroatoms. The summed E-state index contributed by atoms with van der Waals surface area (Å²) in [6.45, 7) is 0.783. The number of rotatable bonds is 6. The van der Waals surface area contributed by atoms with Crippen LogP contribution in [0.4, 0.5) is 39.5 Å². The molecule has 3 nitrogen and oxygen atoms in total. The summed E-state index contributed by atoms with van der Waals surface area (Å²) in [4.78, 5) is 11.1. The smallest absolute Gasteiger partial charge is 0.417 e. The van der Waals surface area contributed by atoms with Crippen molar-refractivity contribution in [1.82, 2.24) is 0 Å². The molecule has 0 saturated carbocycles. The minimum atomic E-state index is -5.94. The van der Waals surface area contributed by atoms with E-state index in [1.807, 2.05) is 0 Å². The molecule has 2 atom stereocenters. The highest BCUT2D eigenvalue weighted by atomic mass is 19.4. The van der Waals surface area contributed by atoms with Gasteiger partial charge in [0.1, 0.15) is 0 Å². The van der Waals surface area contributed by atoms with Crippen molar-refractivity contribution in [1.29, 1.82) is 0 Å². The summed E-state index contributed by atoms with van der Waals surface area (Å²) in [6, 6.07) is 0.263. The molecule has 0 amide bonds.